The van der Waals surface area contributed by atoms with Crippen molar-refractivity contribution in [2.45, 2.75) is 72.0 Å². The van der Waals surface area contributed by atoms with Crippen LogP contribution >= 0.6 is 0 Å². The Hall–Kier alpha value is -3.15. The van der Waals surface area contributed by atoms with Crippen LogP contribution in [0.4, 0.5) is 0 Å². The van der Waals surface area contributed by atoms with Gasteiger partial charge in [0, 0.05) is 26.1 Å². The van der Waals surface area contributed by atoms with Crippen LogP contribution in [0.1, 0.15) is 58.9 Å². The standard InChI is InChI=1S/C20H22N2O2.C8H17NO/c23-15-21-19-8-4-5-13-22(20(19)24)14-16-9-11-18(12-10-16)17-6-2-1-3-7-17;1-6(2)5-7(3)9-8(4)10/h1-3,6-7,9-12,15,19H,4-5,8,13-14H2,(H,21,23);6-7H,5H2,1-4H3,(H,9,10). The summed E-state index contributed by atoms with van der Waals surface area (Å²) in [5.41, 5.74) is 3.46. The highest BCUT2D eigenvalue weighted by Gasteiger charge is 2.26. The van der Waals surface area contributed by atoms with Gasteiger partial charge in [-0.25, -0.2) is 0 Å². The number of hydrogen-bond donors (Lipinski definition) is 2. The number of nitrogens with one attached hydrogen (secondary N) is 2. The zero-order valence-corrected chi connectivity index (χ0v) is 20.9. The Morgan fingerprint density at radius 3 is 2.26 bits per heavy atom. The maximum atomic E-state index is 12.5. The summed E-state index contributed by atoms with van der Waals surface area (Å²) < 4.78 is 0. The van der Waals surface area contributed by atoms with E-state index in [0.29, 0.717) is 24.9 Å². The van der Waals surface area contributed by atoms with Gasteiger partial charge in [0.15, 0.2) is 0 Å². The fraction of sp³-hybridized carbons (Fsp3) is 0.464. The van der Waals surface area contributed by atoms with Crippen LogP contribution in [0.2, 0.25) is 0 Å². The molecule has 184 valence electrons. The first-order valence-electron chi connectivity index (χ1n) is 12.2. The van der Waals surface area contributed by atoms with Crippen LogP contribution in [0.3, 0.4) is 0 Å². The number of benzene rings is 2. The van der Waals surface area contributed by atoms with Gasteiger partial charge in [-0.05, 0) is 55.2 Å². The van der Waals surface area contributed by atoms with E-state index in [0.717, 1.165) is 37.8 Å². The molecule has 0 aliphatic carbocycles. The maximum Gasteiger partial charge on any atom is 0.245 e. The molecule has 2 aromatic carbocycles. The summed E-state index contributed by atoms with van der Waals surface area (Å²) >= 11 is 0. The van der Waals surface area contributed by atoms with Gasteiger partial charge in [0.2, 0.25) is 18.2 Å². The zero-order valence-electron chi connectivity index (χ0n) is 20.9. The summed E-state index contributed by atoms with van der Waals surface area (Å²) in [6.45, 7) is 9.22. The number of hydrogen-bond acceptors (Lipinski definition) is 3. The molecule has 1 aliphatic heterocycles. The largest absolute Gasteiger partial charge is 0.354 e. The average molecular weight is 466 g/mol. The molecule has 2 N–H and O–H groups in total. The monoisotopic (exact) mass is 465 g/mol. The predicted octanol–water partition coefficient (Wildman–Crippen LogP) is 4.54. The van der Waals surface area contributed by atoms with E-state index in [1.807, 2.05) is 30.0 Å². The number of rotatable bonds is 8. The highest BCUT2D eigenvalue weighted by molar-refractivity contribution is 5.84. The molecule has 6 heteroatoms. The van der Waals surface area contributed by atoms with Crippen molar-refractivity contribution in [1.82, 2.24) is 15.5 Å². The topological polar surface area (TPSA) is 78.5 Å². The van der Waals surface area contributed by atoms with Gasteiger partial charge in [-0.15, -0.1) is 0 Å². The molecule has 0 aromatic heterocycles. The molecular formula is C28H39N3O3. The van der Waals surface area contributed by atoms with E-state index in [2.05, 4.69) is 60.9 Å². The molecule has 3 amide bonds. The molecule has 1 saturated heterocycles. The Balaban J connectivity index is 0.000000347. The van der Waals surface area contributed by atoms with E-state index in [9.17, 15) is 14.4 Å². The molecular weight excluding hydrogens is 426 g/mol. The quantitative estimate of drug-likeness (QED) is 0.562. The van der Waals surface area contributed by atoms with Crippen molar-refractivity contribution in [1.29, 1.82) is 0 Å². The minimum atomic E-state index is -0.381. The Labute approximate surface area is 204 Å². The molecule has 3 rings (SSSR count). The summed E-state index contributed by atoms with van der Waals surface area (Å²) in [6.07, 6.45) is 4.34. The molecule has 1 fully saturated rings. The Kier molecular flexibility index (Phi) is 11.3. The molecule has 0 saturated carbocycles. The first-order chi connectivity index (χ1) is 16.3. The van der Waals surface area contributed by atoms with Crippen molar-refractivity contribution in [3.63, 3.8) is 0 Å². The van der Waals surface area contributed by atoms with Gasteiger partial charge in [-0.3, -0.25) is 14.4 Å². The Morgan fingerprint density at radius 1 is 1.03 bits per heavy atom. The zero-order chi connectivity index (χ0) is 24.9. The maximum absolute atomic E-state index is 12.5. The van der Waals surface area contributed by atoms with Gasteiger partial charge in [-0.1, -0.05) is 68.4 Å². The van der Waals surface area contributed by atoms with Crippen molar-refractivity contribution in [3.8, 4) is 11.1 Å². The Bertz CT molecular complexity index is 897. The van der Waals surface area contributed by atoms with Crippen LogP contribution in [0.15, 0.2) is 54.6 Å². The first-order valence-corrected chi connectivity index (χ1v) is 12.2. The van der Waals surface area contributed by atoms with Crippen LogP contribution in [0.5, 0.6) is 0 Å². The number of likely N-dealkylation sites (tertiary alicyclic amines) is 1. The number of carbonyl (C=O) groups excluding carboxylic acids is 3. The Morgan fingerprint density at radius 2 is 1.68 bits per heavy atom. The molecule has 2 aromatic rings. The number of carbonyl (C=O) groups is 3. The molecule has 1 aliphatic rings. The molecule has 1 heterocycles. The van der Waals surface area contributed by atoms with Crippen LogP contribution < -0.4 is 10.6 Å². The normalized spacial score (nSPS) is 16.7. The highest BCUT2D eigenvalue weighted by atomic mass is 16.2. The van der Waals surface area contributed by atoms with Gasteiger partial charge in [-0.2, -0.15) is 0 Å². The van der Waals surface area contributed by atoms with Crippen LogP contribution in [0, 0.1) is 5.92 Å². The van der Waals surface area contributed by atoms with Crippen molar-refractivity contribution < 1.29 is 14.4 Å². The van der Waals surface area contributed by atoms with E-state index < -0.39 is 0 Å². The average Bonchev–Trinajstić information content (AvgIpc) is 2.96. The minimum Gasteiger partial charge on any atom is -0.354 e. The second-order valence-corrected chi connectivity index (χ2v) is 9.39. The fourth-order valence-corrected chi connectivity index (χ4v) is 4.27. The smallest absolute Gasteiger partial charge is 0.245 e. The van der Waals surface area contributed by atoms with Crippen LogP contribution in [-0.2, 0) is 20.9 Å². The lowest BCUT2D eigenvalue weighted by molar-refractivity contribution is -0.134. The third-order valence-corrected chi connectivity index (χ3v) is 5.76. The molecule has 34 heavy (non-hydrogen) atoms. The molecule has 0 radical (unpaired) electrons. The van der Waals surface area contributed by atoms with E-state index in [1.165, 1.54) is 11.1 Å². The third kappa shape index (κ3) is 9.38. The van der Waals surface area contributed by atoms with Gasteiger partial charge < -0.3 is 15.5 Å². The van der Waals surface area contributed by atoms with Crippen molar-refractivity contribution in [2.75, 3.05) is 6.54 Å². The SMILES string of the molecule is CC(=O)NC(C)CC(C)C.O=CNC1CCCCN(Cc2ccc(-c3ccccc3)cc2)C1=O. The summed E-state index contributed by atoms with van der Waals surface area (Å²) in [6, 6.07) is 18.5. The number of nitrogens with zero attached hydrogens (tertiary/aromatic N) is 1. The lowest BCUT2D eigenvalue weighted by Gasteiger charge is -2.24. The fourth-order valence-electron chi connectivity index (χ4n) is 4.27. The summed E-state index contributed by atoms with van der Waals surface area (Å²) in [7, 11) is 0. The van der Waals surface area contributed by atoms with Gasteiger partial charge >= 0.3 is 0 Å². The van der Waals surface area contributed by atoms with E-state index >= 15 is 0 Å². The highest BCUT2D eigenvalue weighted by Crippen LogP contribution is 2.21. The summed E-state index contributed by atoms with van der Waals surface area (Å²) in [5, 5.41) is 5.48. The predicted molar refractivity (Wildman–Crippen MR) is 137 cm³/mol. The second-order valence-electron chi connectivity index (χ2n) is 9.39. The second kappa shape index (κ2) is 14.2. The summed E-state index contributed by atoms with van der Waals surface area (Å²) in [5.74, 6) is 0.738. The van der Waals surface area contributed by atoms with Crippen LogP contribution in [-0.4, -0.2) is 41.8 Å². The van der Waals surface area contributed by atoms with E-state index in [1.54, 1.807) is 6.92 Å². The summed E-state index contributed by atoms with van der Waals surface area (Å²) in [4.78, 5) is 35.6. The molecule has 6 nitrogen and oxygen atoms in total. The molecule has 0 spiro atoms. The molecule has 2 atom stereocenters. The van der Waals surface area contributed by atoms with Crippen molar-refractivity contribution in [3.05, 3.63) is 60.2 Å². The minimum absolute atomic E-state index is 0.0201. The van der Waals surface area contributed by atoms with E-state index in [4.69, 9.17) is 0 Å². The third-order valence-electron chi connectivity index (χ3n) is 5.76. The van der Waals surface area contributed by atoms with Crippen molar-refractivity contribution in [2.24, 2.45) is 5.92 Å². The van der Waals surface area contributed by atoms with Gasteiger partial charge in [0.1, 0.15) is 6.04 Å². The lowest BCUT2D eigenvalue weighted by Crippen LogP contribution is -2.44. The van der Waals surface area contributed by atoms with Crippen molar-refractivity contribution >= 4 is 18.2 Å². The number of amides is 3. The lowest BCUT2D eigenvalue weighted by atomic mass is 10.0. The molecule has 0 bridgehead atoms. The first kappa shape index (κ1) is 27.1. The van der Waals surface area contributed by atoms with Gasteiger partial charge in [0.05, 0.1) is 0 Å². The van der Waals surface area contributed by atoms with Crippen LogP contribution in [0.25, 0.3) is 11.1 Å². The van der Waals surface area contributed by atoms with E-state index in [-0.39, 0.29) is 17.9 Å². The van der Waals surface area contributed by atoms with Gasteiger partial charge in [0.25, 0.3) is 0 Å². The molecule has 2 unspecified atom stereocenters.